The van der Waals surface area contributed by atoms with E-state index in [1.165, 1.54) is 4.88 Å². The quantitative estimate of drug-likeness (QED) is 0.887. The number of anilines is 1. The lowest BCUT2D eigenvalue weighted by molar-refractivity contribution is 0.186. The SMILES string of the molecule is COCCn1cc(NCc2sc(C)nc2C)ccc1=O. The maximum atomic E-state index is 11.7. The number of aromatic nitrogens is 2. The number of nitrogens with zero attached hydrogens (tertiary/aromatic N) is 2. The van der Waals surface area contributed by atoms with Crippen LogP contribution in [0.5, 0.6) is 0 Å². The van der Waals surface area contributed by atoms with Crippen molar-refractivity contribution in [1.29, 1.82) is 0 Å². The van der Waals surface area contributed by atoms with Crippen LogP contribution in [-0.4, -0.2) is 23.3 Å². The number of rotatable bonds is 6. The third-order valence-corrected chi connectivity index (χ3v) is 4.05. The van der Waals surface area contributed by atoms with Gasteiger partial charge in [-0.15, -0.1) is 11.3 Å². The van der Waals surface area contributed by atoms with Crippen molar-refractivity contribution >= 4 is 17.0 Å². The highest BCUT2D eigenvalue weighted by Crippen LogP contribution is 2.18. The van der Waals surface area contributed by atoms with Gasteiger partial charge in [0.05, 0.1) is 29.5 Å². The molecule has 108 valence electrons. The van der Waals surface area contributed by atoms with Gasteiger partial charge < -0.3 is 14.6 Å². The monoisotopic (exact) mass is 293 g/mol. The third-order valence-electron chi connectivity index (χ3n) is 2.97. The number of nitrogens with one attached hydrogen (secondary N) is 1. The Kier molecular flexibility index (Phi) is 4.92. The van der Waals surface area contributed by atoms with Crippen molar-refractivity contribution in [3.63, 3.8) is 0 Å². The Labute approximate surface area is 122 Å². The summed E-state index contributed by atoms with van der Waals surface area (Å²) in [5.74, 6) is 0. The minimum absolute atomic E-state index is 0.0163. The molecule has 20 heavy (non-hydrogen) atoms. The number of hydrogen-bond donors (Lipinski definition) is 1. The summed E-state index contributed by atoms with van der Waals surface area (Å²) >= 11 is 1.69. The molecule has 1 N–H and O–H groups in total. The van der Waals surface area contributed by atoms with E-state index < -0.39 is 0 Å². The summed E-state index contributed by atoms with van der Waals surface area (Å²) in [5.41, 5.74) is 1.97. The normalized spacial score (nSPS) is 10.8. The molecule has 2 rings (SSSR count). The van der Waals surface area contributed by atoms with Crippen LogP contribution in [0.1, 0.15) is 15.6 Å². The maximum absolute atomic E-state index is 11.7. The molecule has 0 aliphatic heterocycles. The van der Waals surface area contributed by atoms with Crippen LogP contribution >= 0.6 is 11.3 Å². The molecule has 2 aromatic heterocycles. The molecule has 0 unspecified atom stereocenters. The first-order valence-corrected chi connectivity index (χ1v) is 7.28. The van der Waals surface area contributed by atoms with Gasteiger partial charge in [0, 0.05) is 30.8 Å². The molecule has 0 saturated carbocycles. The molecule has 2 aromatic rings. The number of ether oxygens (including phenoxy) is 1. The van der Waals surface area contributed by atoms with Crippen LogP contribution in [0.2, 0.25) is 0 Å². The first kappa shape index (κ1) is 14.7. The number of thiazole rings is 1. The Morgan fingerprint density at radius 2 is 2.20 bits per heavy atom. The van der Waals surface area contributed by atoms with Crippen LogP contribution < -0.4 is 10.9 Å². The molecular weight excluding hydrogens is 274 g/mol. The molecule has 6 heteroatoms. The lowest BCUT2D eigenvalue weighted by Crippen LogP contribution is -2.21. The van der Waals surface area contributed by atoms with Gasteiger partial charge in [0.1, 0.15) is 0 Å². The van der Waals surface area contributed by atoms with Crippen LogP contribution in [0.3, 0.4) is 0 Å². The number of hydrogen-bond acceptors (Lipinski definition) is 5. The fraction of sp³-hybridized carbons (Fsp3) is 0.429. The van der Waals surface area contributed by atoms with Gasteiger partial charge in [-0.05, 0) is 19.9 Å². The Balaban J connectivity index is 2.06. The topological polar surface area (TPSA) is 56.1 Å². The van der Waals surface area contributed by atoms with Crippen molar-refractivity contribution in [2.75, 3.05) is 19.0 Å². The predicted octanol–water partition coefficient (Wildman–Crippen LogP) is 2.18. The van der Waals surface area contributed by atoms with Gasteiger partial charge in [-0.2, -0.15) is 0 Å². The van der Waals surface area contributed by atoms with E-state index in [1.807, 2.05) is 20.0 Å². The van der Waals surface area contributed by atoms with Gasteiger partial charge in [0.25, 0.3) is 5.56 Å². The first-order valence-electron chi connectivity index (χ1n) is 6.46. The van der Waals surface area contributed by atoms with Crippen molar-refractivity contribution in [2.24, 2.45) is 0 Å². The van der Waals surface area contributed by atoms with E-state index in [1.54, 1.807) is 35.1 Å². The second-order valence-corrected chi connectivity index (χ2v) is 5.82. The summed E-state index contributed by atoms with van der Waals surface area (Å²) in [7, 11) is 1.63. The first-order chi connectivity index (χ1) is 9.60. The van der Waals surface area contributed by atoms with Crippen molar-refractivity contribution in [3.05, 3.63) is 44.3 Å². The standard InChI is InChI=1S/C14H19N3O2S/c1-10-13(20-11(2)16-10)8-15-12-4-5-14(18)17(9-12)6-7-19-3/h4-5,9,15H,6-8H2,1-3H3. The van der Waals surface area contributed by atoms with Gasteiger partial charge in [-0.25, -0.2) is 4.98 Å². The molecule has 0 radical (unpaired) electrons. The fourth-order valence-corrected chi connectivity index (χ4v) is 2.80. The lowest BCUT2D eigenvalue weighted by Gasteiger charge is -2.09. The Morgan fingerprint density at radius 3 is 2.85 bits per heavy atom. The molecule has 2 heterocycles. The Morgan fingerprint density at radius 1 is 1.40 bits per heavy atom. The molecule has 0 atom stereocenters. The smallest absolute Gasteiger partial charge is 0.250 e. The van der Waals surface area contributed by atoms with Gasteiger partial charge in [0.2, 0.25) is 0 Å². The van der Waals surface area contributed by atoms with Crippen molar-refractivity contribution in [3.8, 4) is 0 Å². The molecule has 0 spiro atoms. The van der Waals surface area contributed by atoms with Gasteiger partial charge in [0.15, 0.2) is 0 Å². The lowest BCUT2D eigenvalue weighted by atomic mass is 10.3. The molecule has 0 saturated heterocycles. The van der Waals surface area contributed by atoms with E-state index in [2.05, 4.69) is 10.3 Å². The van der Waals surface area contributed by atoms with Gasteiger partial charge >= 0.3 is 0 Å². The highest BCUT2D eigenvalue weighted by Gasteiger charge is 2.05. The van der Waals surface area contributed by atoms with E-state index in [0.29, 0.717) is 13.2 Å². The molecular formula is C14H19N3O2S. The second-order valence-electron chi connectivity index (χ2n) is 4.54. The average molecular weight is 293 g/mol. The van der Waals surface area contributed by atoms with E-state index in [4.69, 9.17) is 4.74 Å². The summed E-state index contributed by atoms with van der Waals surface area (Å²) in [4.78, 5) is 17.3. The van der Waals surface area contributed by atoms with Crippen LogP contribution in [0.15, 0.2) is 23.1 Å². The largest absolute Gasteiger partial charge is 0.383 e. The third kappa shape index (κ3) is 3.68. The molecule has 0 fully saturated rings. The van der Waals surface area contributed by atoms with Crippen LogP contribution in [0.4, 0.5) is 5.69 Å². The number of pyridine rings is 1. The molecule has 0 bridgehead atoms. The summed E-state index contributed by atoms with van der Waals surface area (Å²) in [6.07, 6.45) is 1.82. The molecule has 0 aromatic carbocycles. The van der Waals surface area contributed by atoms with E-state index in [-0.39, 0.29) is 5.56 Å². The molecule has 0 amide bonds. The van der Waals surface area contributed by atoms with Crippen LogP contribution in [-0.2, 0) is 17.8 Å². The van der Waals surface area contributed by atoms with Crippen molar-refractivity contribution < 1.29 is 4.74 Å². The van der Waals surface area contributed by atoms with Gasteiger partial charge in [-0.1, -0.05) is 0 Å². The average Bonchev–Trinajstić information content (AvgIpc) is 2.74. The minimum atomic E-state index is -0.0163. The summed E-state index contributed by atoms with van der Waals surface area (Å²) in [5, 5.41) is 4.40. The highest BCUT2D eigenvalue weighted by molar-refractivity contribution is 7.11. The second kappa shape index (κ2) is 6.67. The predicted molar refractivity (Wildman–Crippen MR) is 81.5 cm³/mol. The van der Waals surface area contributed by atoms with E-state index >= 15 is 0 Å². The van der Waals surface area contributed by atoms with E-state index in [0.717, 1.165) is 22.9 Å². The fourth-order valence-electron chi connectivity index (χ4n) is 1.92. The summed E-state index contributed by atoms with van der Waals surface area (Å²) in [6, 6.07) is 3.37. The van der Waals surface area contributed by atoms with Gasteiger partial charge in [-0.3, -0.25) is 4.79 Å². The Bertz CT molecular complexity index is 634. The number of methoxy groups -OCH3 is 1. The molecule has 0 aliphatic rings. The Hall–Kier alpha value is -1.66. The summed E-state index contributed by atoms with van der Waals surface area (Å²) in [6.45, 7) is 5.83. The molecule has 0 aliphatic carbocycles. The minimum Gasteiger partial charge on any atom is -0.383 e. The van der Waals surface area contributed by atoms with Crippen LogP contribution in [0.25, 0.3) is 0 Å². The zero-order valence-corrected chi connectivity index (χ0v) is 12.8. The molecule has 5 nitrogen and oxygen atoms in total. The summed E-state index contributed by atoms with van der Waals surface area (Å²) < 4.78 is 6.65. The van der Waals surface area contributed by atoms with Crippen molar-refractivity contribution in [2.45, 2.75) is 26.9 Å². The maximum Gasteiger partial charge on any atom is 0.250 e. The van der Waals surface area contributed by atoms with Crippen LogP contribution in [0, 0.1) is 13.8 Å². The number of aryl methyl sites for hydroxylation is 2. The van der Waals surface area contributed by atoms with E-state index in [9.17, 15) is 4.79 Å². The zero-order chi connectivity index (χ0) is 14.5. The highest BCUT2D eigenvalue weighted by atomic mass is 32.1. The zero-order valence-electron chi connectivity index (χ0n) is 12.0. The van der Waals surface area contributed by atoms with Crippen molar-refractivity contribution in [1.82, 2.24) is 9.55 Å².